The molecule has 29 heavy (non-hydrogen) atoms. The van der Waals surface area contributed by atoms with E-state index in [-0.39, 0.29) is 36.0 Å². The highest BCUT2D eigenvalue weighted by atomic mass is 127. The molecule has 1 aromatic carbocycles. The molecule has 0 amide bonds. The Hall–Kier alpha value is -1.35. The van der Waals surface area contributed by atoms with Crippen molar-refractivity contribution in [2.45, 2.75) is 52.1 Å². The normalized spacial score (nSPS) is 19.2. The van der Waals surface area contributed by atoms with Gasteiger partial charge in [0, 0.05) is 38.6 Å². The Morgan fingerprint density at radius 1 is 1.24 bits per heavy atom. The van der Waals surface area contributed by atoms with E-state index in [1.54, 1.807) is 0 Å². The summed E-state index contributed by atoms with van der Waals surface area (Å²) in [4.78, 5) is 16.0. The fourth-order valence-electron chi connectivity index (χ4n) is 3.41. The molecule has 7 heteroatoms. The summed E-state index contributed by atoms with van der Waals surface area (Å²) in [5.74, 6) is 1.06. The molecule has 0 bridgehead atoms. The summed E-state index contributed by atoms with van der Waals surface area (Å²) in [6.45, 7) is 7.31. The lowest BCUT2D eigenvalue weighted by Gasteiger charge is -2.31. The van der Waals surface area contributed by atoms with E-state index in [0.717, 1.165) is 57.9 Å². The highest BCUT2D eigenvalue weighted by Crippen LogP contribution is 2.33. The Kier molecular flexibility index (Phi) is 12.9. The van der Waals surface area contributed by atoms with Crippen molar-refractivity contribution in [3.05, 3.63) is 35.4 Å². The van der Waals surface area contributed by atoms with Crippen LogP contribution in [0, 0.1) is 12.8 Å². The van der Waals surface area contributed by atoms with Gasteiger partial charge in [-0.2, -0.15) is 0 Å². The van der Waals surface area contributed by atoms with Gasteiger partial charge in [0.25, 0.3) is 0 Å². The van der Waals surface area contributed by atoms with Gasteiger partial charge in [-0.1, -0.05) is 29.8 Å². The summed E-state index contributed by atoms with van der Waals surface area (Å²) in [6, 6.07) is 8.64. The predicted molar refractivity (Wildman–Crippen MR) is 128 cm³/mol. The number of unbranched alkanes of at least 4 members (excludes halogenated alkanes) is 1. The van der Waals surface area contributed by atoms with Crippen molar-refractivity contribution >= 4 is 35.9 Å². The summed E-state index contributed by atoms with van der Waals surface area (Å²) in [7, 11) is 1.43. The highest BCUT2D eigenvalue weighted by Gasteiger charge is 2.27. The van der Waals surface area contributed by atoms with E-state index in [1.807, 2.05) is 0 Å². The minimum absolute atomic E-state index is 0. The summed E-state index contributed by atoms with van der Waals surface area (Å²) in [5, 5.41) is 6.66. The van der Waals surface area contributed by atoms with Crippen LogP contribution in [0.15, 0.2) is 29.3 Å². The Bertz CT molecular complexity index is 622. The van der Waals surface area contributed by atoms with Gasteiger partial charge in [0.05, 0.1) is 13.2 Å². The first kappa shape index (κ1) is 25.7. The third-order valence-corrected chi connectivity index (χ3v) is 5.01. The third kappa shape index (κ3) is 9.33. The second-order valence-corrected chi connectivity index (χ2v) is 7.28. The second kappa shape index (κ2) is 14.6. The smallest absolute Gasteiger partial charge is 0.305 e. The van der Waals surface area contributed by atoms with Gasteiger partial charge in [-0.15, -0.1) is 24.0 Å². The van der Waals surface area contributed by atoms with Crippen LogP contribution >= 0.6 is 24.0 Å². The predicted octanol–water partition coefficient (Wildman–Crippen LogP) is 3.98. The molecule has 0 aliphatic carbocycles. The average molecular weight is 517 g/mol. The van der Waals surface area contributed by atoms with Gasteiger partial charge in [-0.25, -0.2) is 0 Å². The maximum Gasteiger partial charge on any atom is 0.305 e. The van der Waals surface area contributed by atoms with Crippen LogP contribution in [0.2, 0.25) is 0 Å². The molecule has 1 saturated heterocycles. The van der Waals surface area contributed by atoms with Crippen LogP contribution in [0.4, 0.5) is 0 Å². The highest BCUT2D eigenvalue weighted by molar-refractivity contribution is 14.0. The number of hydrogen-bond acceptors (Lipinski definition) is 4. The topological polar surface area (TPSA) is 72.0 Å². The van der Waals surface area contributed by atoms with Gasteiger partial charge >= 0.3 is 5.97 Å². The standard InChI is InChI=1S/C22H35N3O3.HI/c1-4-23-22(24-14-6-5-9-20(26)27-3)25-16-19-8-7-15-28-21(19)18-12-10-17(2)11-13-18;/h10-13,19,21H,4-9,14-16H2,1-3H3,(H2,23,24,25);1H. The largest absolute Gasteiger partial charge is 0.469 e. The molecule has 1 aromatic rings. The molecule has 1 aliphatic rings. The van der Waals surface area contributed by atoms with Crippen molar-refractivity contribution in [2.75, 3.05) is 33.4 Å². The fourth-order valence-corrected chi connectivity index (χ4v) is 3.41. The van der Waals surface area contributed by atoms with Crippen molar-refractivity contribution in [1.29, 1.82) is 0 Å². The number of esters is 1. The maximum absolute atomic E-state index is 11.2. The molecule has 0 radical (unpaired) electrons. The number of carbonyl (C=O) groups excluding carboxylic acids is 1. The Morgan fingerprint density at radius 2 is 2.00 bits per heavy atom. The first-order valence-electron chi connectivity index (χ1n) is 10.4. The fraction of sp³-hybridized carbons (Fsp3) is 0.636. The Balaban J connectivity index is 0.00000420. The third-order valence-electron chi connectivity index (χ3n) is 5.01. The number of halogens is 1. The van der Waals surface area contributed by atoms with Crippen molar-refractivity contribution < 1.29 is 14.3 Å². The van der Waals surface area contributed by atoms with Gasteiger partial charge in [0.15, 0.2) is 5.96 Å². The molecule has 1 heterocycles. The molecule has 0 aromatic heterocycles. The SMILES string of the molecule is CCNC(=NCC1CCCOC1c1ccc(C)cc1)NCCCCC(=O)OC.I. The van der Waals surface area contributed by atoms with Gasteiger partial charge in [0.2, 0.25) is 0 Å². The van der Waals surface area contributed by atoms with E-state index < -0.39 is 0 Å². The second-order valence-electron chi connectivity index (χ2n) is 7.28. The molecule has 0 saturated carbocycles. The molecule has 2 atom stereocenters. The van der Waals surface area contributed by atoms with Crippen LogP contribution in [0.5, 0.6) is 0 Å². The molecule has 2 unspecified atom stereocenters. The monoisotopic (exact) mass is 517 g/mol. The van der Waals surface area contributed by atoms with Crippen LogP contribution < -0.4 is 10.6 Å². The lowest BCUT2D eigenvalue weighted by Crippen LogP contribution is -2.38. The van der Waals surface area contributed by atoms with Crippen molar-refractivity contribution in [3.63, 3.8) is 0 Å². The number of nitrogens with zero attached hydrogens (tertiary/aromatic N) is 1. The van der Waals surface area contributed by atoms with Crippen molar-refractivity contribution in [2.24, 2.45) is 10.9 Å². The number of hydrogen-bond donors (Lipinski definition) is 2. The Morgan fingerprint density at radius 3 is 2.69 bits per heavy atom. The van der Waals surface area contributed by atoms with Gasteiger partial charge in [-0.3, -0.25) is 9.79 Å². The number of ether oxygens (including phenoxy) is 2. The molecule has 1 aliphatic heterocycles. The zero-order chi connectivity index (χ0) is 20.2. The molecule has 2 rings (SSSR count). The molecule has 2 N–H and O–H groups in total. The quantitative estimate of drug-likeness (QED) is 0.171. The molecule has 164 valence electrons. The summed E-state index contributed by atoms with van der Waals surface area (Å²) >= 11 is 0. The first-order valence-corrected chi connectivity index (χ1v) is 10.4. The number of methoxy groups -OCH3 is 1. The molecule has 6 nitrogen and oxygen atoms in total. The van der Waals surface area contributed by atoms with Gasteiger partial charge in [-0.05, 0) is 45.1 Å². The molecule has 1 fully saturated rings. The van der Waals surface area contributed by atoms with Crippen LogP contribution in [-0.2, 0) is 14.3 Å². The van der Waals surface area contributed by atoms with E-state index in [2.05, 4.69) is 53.5 Å². The zero-order valence-electron chi connectivity index (χ0n) is 17.9. The van der Waals surface area contributed by atoms with E-state index >= 15 is 0 Å². The number of nitrogens with one attached hydrogen (secondary N) is 2. The van der Waals surface area contributed by atoms with Crippen molar-refractivity contribution in [1.82, 2.24) is 10.6 Å². The van der Waals surface area contributed by atoms with Crippen molar-refractivity contribution in [3.8, 4) is 0 Å². The van der Waals surface area contributed by atoms with Gasteiger partial charge in [0.1, 0.15) is 0 Å². The molecular formula is C22H36IN3O3. The zero-order valence-corrected chi connectivity index (χ0v) is 20.2. The van der Waals surface area contributed by atoms with Crippen LogP contribution in [-0.4, -0.2) is 45.3 Å². The Labute approximate surface area is 192 Å². The van der Waals surface area contributed by atoms with E-state index in [4.69, 9.17) is 9.73 Å². The summed E-state index contributed by atoms with van der Waals surface area (Å²) in [5.41, 5.74) is 2.51. The summed E-state index contributed by atoms with van der Waals surface area (Å²) < 4.78 is 10.8. The number of rotatable bonds is 9. The van der Waals surface area contributed by atoms with E-state index in [1.165, 1.54) is 18.2 Å². The number of aryl methyl sites for hydroxylation is 1. The number of carbonyl (C=O) groups is 1. The summed E-state index contributed by atoms with van der Waals surface area (Å²) in [6.07, 6.45) is 4.49. The molecule has 0 spiro atoms. The minimum atomic E-state index is -0.153. The van der Waals surface area contributed by atoms with Gasteiger partial charge < -0.3 is 20.1 Å². The lowest BCUT2D eigenvalue weighted by atomic mass is 9.89. The van der Waals surface area contributed by atoms with Crippen LogP contribution in [0.1, 0.15) is 56.3 Å². The average Bonchev–Trinajstić information content (AvgIpc) is 2.72. The molecular weight excluding hydrogens is 481 g/mol. The first-order chi connectivity index (χ1) is 13.6. The minimum Gasteiger partial charge on any atom is -0.469 e. The van der Waals surface area contributed by atoms with Crippen LogP contribution in [0.3, 0.4) is 0 Å². The maximum atomic E-state index is 11.2. The van der Waals surface area contributed by atoms with E-state index in [9.17, 15) is 4.79 Å². The van der Waals surface area contributed by atoms with E-state index in [0.29, 0.717) is 12.3 Å². The lowest BCUT2D eigenvalue weighted by molar-refractivity contribution is -0.140. The number of guanidine groups is 1. The number of aliphatic imine (C=N–C) groups is 1. The van der Waals surface area contributed by atoms with Crippen LogP contribution in [0.25, 0.3) is 0 Å². The number of benzene rings is 1.